The van der Waals surface area contributed by atoms with Gasteiger partial charge in [0.2, 0.25) is 5.91 Å². The minimum absolute atomic E-state index is 0.0320. The van der Waals surface area contributed by atoms with Gasteiger partial charge in [0.05, 0.1) is 12.1 Å². The highest BCUT2D eigenvalue weighted by molar-refractivity contribution is 5.77. The van der Waals surface area contributed by atoms with E-state index in [1.54, 1.807) is 4.57 Å². The van der Waals surface area contributed by atoms with Gasteiger partial charge in [0, 0.05) is 32.5 Å². The highest BCUT2D eigenvalue weighted by Gasteiger charge is 2.24. The highest BCUT2D eigenvalue weighted by Crippen LogP contribution is 2.17. The van der Waals surface area contributed by atoms with Crippen molar-refractivity contribution >= 4 is 17.1 Å². The van der Waals surface area contributed by atoms with E-state index in [1.807, 2.05) is 11.5 Å². The number of carbonyl (C=O) groups is 1. The lowest BCUT2D eigenvalue weighted by Crippen LogP contribution is -2.40. The van der Waals surface area contributed by atoms with Crippen LogP contribution in [-0.2, 0) is 29.0 Å². The molecule has 178 valence electrons. The van der Waals surface area contributed by atoms with Gasteiger partial charge < -0.3 is 14.6 Å². The van der Waals surface area contributed by atoms with Gasteiger partial charge in [-0.2, -0.15) is 0 Å². The first-order valence-electron chi connectivity index (χ1n) is 12.1. The molecule has 3 heterocycles. The van der Waals surface area contributed by atoms with Crippen LogP contribution >= 0.6 is 0 Å². The molecule has 2 unspecified atom stereocenters. The quantitative estimate of drug-likeness (QED) is 0.486. The van der Waals surface area contributed by atoms with Crippen LogP contribution in [0.25, 0.3) is 11.2 Å². The number of carbonyl (C=O) groups excluding carboxylic acids is 1. The van der Waals surface area contributed by atoms with Gasteiger partial charge in [0.1, 0.15) is 5.82 Å². The number of aromatic amines is 1. The molecular weight excluding hydrogens is 410 g/mol. The zero-order chi connectivity index (χ0) is 23.1. The number of hydrogen-bond donors (Lipinski definition) is 2. The van der Waals surface area contributed by atoms with Gasteiger partial charge in [0.25, 0.3) is 5.56 Å². The van der Waals surface area contributed by atoms with Crippen molar-refractivity contribution in [2.45, 2.75) is 104 Å². The van der Waals surface area contributed by atoms with Crippen LogP contribution in [0.15, 0.2) is 9.59 Å². The van der Waals surface area contributed by atoms with E-state index in [0.717, 1.165) is 51.6 Å². The first-order valence-corrected chi connectivity index (χ1v) is 12.1. The van der Waals surface area contributed by atoms with Crippen molar-refractivity contribution in [3.8, 4) is 0 Å². The minimum Gasteiger partial charge on any atom is -0.376 e. The maximum Gasteiger partial charge on any atom is 0.330 e. The molecule has 0 aliphatic carbocycles. The van der Waals surface area contributed by atoms with E-state index in [9.17, 15) is 14.4 Å². The number of imidazole rings is 1. The van der Waals surface area contributed by atoms with Crippen LogP contribution in [0.5, 0.6) is 0 Å². The number of rotatable bonds is 12. The lowest BCUT2D eigenvalue weighted by molar-refractivity contribution is -0.122. The Kier molecular flexibility index (Phi) is 8.67. The van der Waals surface area contributed by atoms with Gasteiger partial charge in [-0.05, 0) is 32.6 Å². The van der Waals surface area contributed by atoms with Crippen LogP contribution in [0.2, 0.25) is 0 Å². The van der Waals surface area contributed by atoms with E-state index in [-0.39, 0.29) is 24.5 Å². The van der Waals surface area contributed by atoms with E-state index < -0.39 is 11.2 Å². The summed E-state index contributed by atoms with van der Waals surface area (Å²) in [5.74, 6) is 0.620. The van der Waals surface area contributed by atoms with E-state index in [4.69, 9.17) is 9.72 Å². The maximum atomic E-state index is 12.7. The van der Waals surface area contributed by atoms with Gasteiger partial charge in [-0.25, -0.2) is 9.78 Å². The molecule has 2 aromatic heterocycles. The van der Waals surface area contributed by atoms with Gasteiger partial charge >= 0.3 is 5.69 Å². The van der Waals surface area contributed by atoms with E-state index in [1.165, 1.54) is 0 Å². The summed E-state index contributed by atoms with van der Waals surface area (Å²) < 4.78 is 9.12. The van der Waals surface area contributed by atoms with Gasteiger partial charge in [-0.3, -0.25) is 19.1 Å². The van der Waals surface area contributed by atoms with Crippen molar-refractivity contribution in [1.29, 1.82) is 0 Å². The van der Waals surface area contributed by atoms with E-state index in [0.29, 0.717) is 36.5 Å². The molecule has 0 bridgehead atoms. The molecule has 1 amide bonds. The number of H-pyrrole nitrogens is 1. The Morgan fingerprint density at radius 2 is 1.94 bits per heavy atom. The third kappa shape index (κ3) is 5.68. The molecule has 3 rings (SSSR count). The third-order valence-corrected chi connectivity index (χ3v) is 6.17. The fourth-order valence-electron chi connectivity index (χ4n) is 4.33. The van der Waals surface area contributed by atoms with Crippen LogP contribution in [0.3, 0.4) is 0 Å². The summed E-state index contributed by atoms with van der Waals surface area (Å²) in [6.07, 6.45) is 7.50. The van der Waals surface area contributed by atoms with Gasteiger partial charge in [-0.1, -0.05) is 33.1 Å². The maximum absolute atomic E-state index is 12.7. The average molecular weight is 448 g/mol. The largest absolute Gasteiger partial charge is 0.376 e. The highest BCUT2D eigenvalue weighted by atomic mass is 16.5. The molecule has 2 N–H and O–H groups in total. The first kappa shape index (κ1) is 24.2. The fraction of sp³-hybridized carbons (Fsp3) is 0.739. The van der Waals surface area contributed by atoms with Crippen molar-refractivity contribution in [2.24, 2.45) is 0 Å². The second-order valence-electron chi connectivity index (χ2n) is 8.73. The molecule has 2 atom stereocenters. The number of aromatic nitrogens is 4. The number of nitrogens with one attached hydrogen (secondary N) is 2. The molecule has 0 saturated carbocycles. The molecular formula is C23H37N5O4. The molecule has 1 fully saturated rings. The molecule has 0 spiro atoms. The lowest BCUT2D eigenvalue weighted by Gasteiger charge is -2.20. The number of hydrogen-bond acceptors (Lipinski definition) is 5. The van der Waals surface area contributed by atoms with E-state index in [2.05, 4.69) is 24.1 Å². The van der Waals surface area contributed by atoms with Crippen LogP contribution < -0.4 is 16.6 Å². The van der Waals surface area contributed by atoms with Crippen molar-refractivity contribution in [3.05, 3.63) is 26.7 Å². The summed E-state index contributed by atoms with van der Waals surface area (Å²) in [6.45, 7) is 8.05. The standard InChI is InChI=1S/C23H37N5O4/c1-4-6-8-14-27-18(11-12-19(29)24-16(3)17-10-9-15-32-17)25-21-20(27)22(30)26-23(31)28(21)13-7-5-2/h16-17H,4-15H2,1-3H3,(H,24,29)(H,26,30,31). The Morgan fingerprint density at radius 3 is 2.62 bits per heavy atom. The molecule has 9 heteroatoms. The van der Waals surface area contributed by atoms with Crippen molar-refractivity contribution in [2.75, 3.05) is 6.61 Å². The summed E-state index contributed by atoms with van der Waals surface area (Å²) in [6, 6.07) is -0.0320. The number of ether oxygens (including phenoxy) is 1. The summed E-state index contributed by atoms with van der Waals surface area (Å²) in [7, 11) is 0. The SMILES string of the molecule is CCCCCn1c(CCC(=O)NC(C)C2CCCO2)nc2c1c(=O)[nH]c(=O)n2CCCC. The van der Waals surface area contributed by atoms with Gasteiger partial charge in [0.15, 0.2) is 11.2 Å². The molecule has 1 aliphatic rings. The predicted octanol–water partition coefficient (Wildman–Crippen LogP) is 2.49. The molecule has 1 aliphatic heterocycles. The minimum atomic E-state index is -0.427. The summed E-state index contributed by atoms with van der Waals surface area (Å²) in [5.41, 5.74) is 0.0139. The topological polar surface area (TPSA) is 111 Å². The Labute approximate surface area is 188 Å². The predicted molar refractivity (Wildman–Crippen MR) is 124 cm³/mol. The molecule has 0 radical (unpaired) electrons. The number of fused-ring (bicyclic) bond motifs is 1. The first-order chi connectivity index (χ1) is 15.5. The molecule has 2 aromatic rings. The van der Waals surface area contributed by atoms with Gasteiger partial charge in [-0.15, -0.1) is 0 Å². The van der Waals surface area contributed by atoms with Crippen LogP contribution in [0.1, 0.15) is 78.0 Å². The second kappa shape index (κ2) is 11.4. The van der Waals surface area contributed by atoms with Crippen molar-refractivity contribution in [3.63, 3.8) is 0 Å². The van der Waals surface area contributed by atoms with Crippen LogP contribution in [0.4, 0.5) is 0 Å². The molecule has 9 nitrogen and oxygen atoms in total. The Hall–Kier alpha value is -2.42. The van der Waals surface area contributed by atoms with E-state index >= 15 is 0 Å². The number of aryl methyl sites for hydroxylation is 3. The molecule has 32 heavy (non-hydrogen) atoms. The lowest BCUT2D eigenvalue weighted by atomic mass is 10.1. The monoisotopic (exact) mass is 447 g/mol. The summed E-state index contributed by atoms with van der Waals surface area (Å²) in [4.78, 5) is 44.9. The smallest absolute Gasteiger partial charge is 0.330 e. The normalized spacial score (nSPS) is 17.2. The zero-order valence-corrected chi connectivity index (χ0v) is 19.6. The number of unbranched alkanes of at least 4 members (excludes halogenated alkanes) is 3. The second-order valence-corrected chi connectivity index (χ2v) is 8.73. The van der Waals surface area contributed by atoms with Crippen LogP contribution in [-0.4, -0.2) is 43.8 Å². The third-order valence-electron chi connectivity index (χ3n) is 6.17. The summed E-state index contributed by atoms with van der Waals surface area (Å²) in [5, 5.41) is 3.03. The molecule has 1 saturated heterocycles. The average Bonchev–Trinajstić information content (AvgIpc) is 3.41. The Bertz CT molecular complexity index is 1020. The summed E-state index contributed by atoms with van der Waals surface area (Å²) >= 11 is 0. The van der Waals surface area contributed by atoms with Crippen molar-refractivity contribution in [1.82, 2.24) is 24.4 Å². The Balaban J connectivity index is 1.84. The Morgan fingerprint density at radius 1 is 1.19 bits per heavy atom. The number of nitrogens with zero attached hydrogens (tertiary/aromatic N) is 3. The van der Waals surface area contributed by atoms with Crippen LogP contribution in [0, 0.1) is 0 Å². The number of amides is 1. The van der Waals surface area contributed by atoms with Crippen molar-refractivity contribution < 1.29 is 9.53 Å². The fourth-order valence-corrected chi connectivity index (χ4v) is 4.33. The zero-order valence-electron chi connectivity index (χ0n) is 19.6. The molecule has 0 aromatic carbocycles.